The summed E-state index contributed by atoms with van der Waals surface area (Å²) in [5, 5.41) is 2.83. The van der Waals surface area contributed by atoms with Crippen molar-refractivity contribution >= 4 is 39.2 Å². The van der Waals surface area contributed by atoms with Crippen molar-refractivity contribution in [2.75, 3.05) is 5.32 Å². The van der Waals surface area contributed by atoms with E-state index >= 15 is 0 Å². The Labute approximate surface area is 106 Å². The number of hydrogen-bond acceptors (Lipinski definition) is 2. The lowest BCUT2D eigenvalue weighted by atomic mass is 10.1. The number of aromatic nitrogens is 2. The van der Waals surface area contributed by atoms with Crippen LogP contribution in [0.15, 0.2) is 35.2 Å². The average Bonchev–Trinajstić information content (AvgIpc) is 2.88. The minimum absolute atomic E-state index is 0.0901. The van der Waals surface area contributed by atoms with Crippen LogP contribution in [0.2, 0.25) is 0 Å². The predicted octanol–water partition coefficient (Wildman–Crippen LogP) is 2.66. The number of nitrogens with one attached hydrogen (secondary N) is 2. The fourth-order valence-electron chi connectivity index (χ4n) is 1.81. The number of anilines is 1. The number of hydrogen-bond donors (Lipinski definition) is 2. The lowest BCUT2D eigenvalue weighted by Gasteiger charge is -1.98. The average molecular weight is 290 g/mol. The van der Waals surface area contributed by atoms with Gasteiger partial charge in [-0.1, -0.05) is 22.0 Å². The molecule has 17 heavy (non-hydrogen) atoms. The molecule has 1 amide bonds. The van der Waals surface area contributed by atoms with Crippen molar-refractivity contribution < 1.29 is 4.79 Å². The first-order chi connectivity index (χ1) is 8.24. The van der Waals surface area contributed by atoms with E-state index < -0.39 is 0 Å². The molecule has 84 valence electrons. The predicted molar refractivity (Wildman–Crippen MR) is 69.2 cm³/mol. The summed E-state index contributed by atoms with van der Waals surface area (Å²) in [7, 11) is 0. The highest BCUT2D eigenvalue weighted by Crippen LogP contribution is 2.34. The van der Waals surface area contributed by atoms with Gasteiger partial charge in [-0.05, 0) is 18.2 Å². The zero-order chi connectivity index (χ0) is 11.8. The largest absolute Gasteiger partial charge is 0.345 e. The second kappa shape index (κ2) is 3.85. The molecule has 0 bridgehead atoms. The van der Waals surface area contributed by atoms with Crippen molar-refractivity contribution in [3.8, 4) is 0 Å². The van der Waals surface area contributed by atoms with E-state index in [2.05, 4.69) is 31.2 Å². The topological polar surface area (TPSA) is 57.8 Å². The molecule has 0 fully saturated rings. The second-order valence-corrected chi connectivity index (χ2v) is 4.62. The summed E-state index contributed by atoms with van der Waals surface area (Å²) in [5.74, 6) is -0.0901. The summed E-state index contributed by atoms with van der Waals surface area (Å²) in [6, 6.07) is 5.72. The maximum absolute atomic E-state index is 11.8. The minimum Gasteiger partial charge on any atom is -0.345 e. The molecular weight excluding hydrogens is 282 g/mol. The molecule has 0 radical (unpaired) electrons. The zero-order valence-corrected chi connectivity index (χ0v) is 10.3. The molecule has 2 aromatic rings. The standard InChI is InChI=1S/C12H8BrN3O/c13-7-1-2-9-10(4-8-5-14-6-15-8)12(17)16-11(9)3-7/h1-6H,(H,14,15)(H,16,17). The minimum atomic E-state index is -0.0901. The summed E-state index contributed by atoms with van der Waals surface area (Å²) < 4.78 is 0.944. The van der Waals surface area contributed by atoms with Crippen molar-refractivity contribution in [2.24, 2.45) is 0 Å². The van der Waals surface area contributed by atoms with Gasteiger partial charge in [-0.25, -0.2) is 4.98 Å². The van der Waals surface area contributed by atoms with Gasteiger partial charge in [-0.2, -0.15) is 0 Å². The molecule has 0 spiro atoms. The van der Waals surface area contributed by atoms with E-state index in [1.807, 2.05) is 18.2 Å². The molecule has 4 nitrogen and oxygen atoms in total. The molecule has 0 unspecified atom stereocenters. The molecule has 5 heteroatoms. The zero-order valence-electron chi connectivity index (χ0n) is 8.70. The smallest absolute Gasteiger partial charge is 0.256 e. The van der Waals surface area contributed by atoms with E-state index in [0.717, 1.165) is 21.4 Å². The summed E-state index contributed by atoms with van der Waals surface area (Å²) >= 11 is 3.38. The number of carbonyl (C=O) groups is 1. The van der Waals surface area contributed by atoms with Crippen molar-refractivity contribution in [2.45, 2.75) is 0 Å². The third kappa shape index (κ3) is 1.78. The highest BCUT2D eigenvalue weighted by Gasteiger charge is 2.23. The van der Waals surface area contributed by atoms with E-state index in [-0.39, 0.29) is 5.91 Å². The SMILES string of the molecule is O=C1Nc2cc(Br)ccc2C1=Cc1cnc[nH]1. The number of nitrogens with zero attached hydrogens (tertiary/aromatic N) is 1. The molecular formula is C12H8BrN3O. The van der Waals surface area contributed by atoms with Crippen molar-refractivity contribution in [1.29, 1.82) is 0 Å². The van der Waals surface area contributed by atoms with E-state index in [1.54, 1.807) is 18.6 Å². The second-order valence-electron chi connectivity index (χ2n) is 3.71. The van der Waals surface area contributed by atoms with Gasteiger partial charge in [0.15, 0.2) is 0 Å². The Kier molecular flexibility index (Phi) is 2.33. The number of H-pyrrole nitrogens is 1. The van der Waals surface area contributed by atoms with Crippen LogP contribution in [0.5, 0.6) is 0 Å². The molecule has 2 N–H and O–H groups in total. The highest BCUT2D eigenvalue weighted by atomic mass is 79.9. The van der Waals surface area contributed by atoms with Crippen LogP contribution in [0.25, 0.3) is 11.6 Å². The van der Waals surface area contributed by atoms with Crippen LogP contribution in [-0.4, -0.2) is 15.9 Å². The number of aromatic amines is 1. The van der Waals surface area contributed by atoms with Crippen molar-refractivity contribution in [3.63, 3.8) is 0 Å². The summed E-state index contributed by atoms with van der Waals surface area (Å²) in [4.78, 5) is 18.7. The number of carbonyl (C=O) groups excluding carboxylic acids is 1. The van der Waals surface area contributed by atoms with Crippen LogP contribution >= 0.6 is 15.9 Å². The first-order valence-corrected chi connectivity index (χ1v) is 5.85. The number of benzene rings is 1. The highest BCUT2D eigenvalue weighted by molar-refractivity contribution is 9.10. The molecule has 2 heterocycles. The maximum Gasteiger partial charge on any atom is 0.256 e. The molecule has 0 saturated heterocycles. The number of halogens is 1. The van der Waals surface area contributed by atoms with Gasteiger partial charge in [0.25, 0.3) is 5.91 Å². The molecule has 1 aliphatic rings. The van der Waals surface area contributed by atoms with Gasteiger partial charge in [-0.3, -0.25) is 4.79 Å². The maximum atomic E-state index is 11.8. The van der Waals surface area contributed by atoms with Crippen molar-refractivity contribution in [1.82, 2.24) is 9.97 Å². The molecule has 0 aliphatic carbocycles. The van der Waals surface area contributed by atoms with E-state index in [1.165, 1.54) is 0 Å². The number of amides is 1. The summed E-state index contributed by atoms with van der Waals surface area (Å²) in [6.07, 6.45) is 5.06. The molecule has 0 saturated carbocycles. The first kappa shape index (κ1) is 10.3. The first-order valence-electron chi connectivity index (χ1n) is 5.05. The fourth-order valence-corrected chi connectivity index (χ4v) is 2.17. The van der Waals surface area contributed by atoms with Crippen LogP contribution in [-0.2, 0) is 4.79 Å². The Morgan fingerprint density at radius 1 is 1.35 bits per heavy atom. The summed E-state index contributed by atoms with van der Waals surface area (Å²) in [6.45, 7) is 0. The number of imidazole rings is 1. The monoisotopic (exact) mass is 289 g/mol. The lowest BCUT2D eigenvalue weighted by Crippen LogP contribution is -2.03. The number of rotatable bonds is 1. The molecule has 1 aromatic carbocycles. The quantitative estimate of drug-likeness (QED) is 0.793. The molecule has 3 rings (SSSR count). The normalized spacial score (nSPS) is 16.1. The van der Waals surface area contributed by atoms with Crippen LogP contribution < -0.4 is 5.32 Å². The van der Waals surface area contributed by atoms with Gasteiger partial charge in [0.2, 0.25) is 0 Å². The molecule has 0 atom stereocenters. The van der Waals surface area contributed by atoms with E-state index in [9.17, 15) is 4.79 Å². The van der Waals surface area contributed by atoms with Crippen LogP contribution in [0.3, 0.4) is 0 Å². The van der Waals surface area contributed by atoms with Crippen LogP contribution in [0.4, 0.5) is 5.69 Å². The lowest BCUT2D eigenvalue weighted by molar-refractivity contribution is -0.110. The van der Waals surface area contributed by atoms with Gasteiger partial charge in [0, 0.05) is 10.0 Å². The van der Waals surface area contributed by atoms with Gasteiger partial charge >= 0.3 is 0 Å². The van der Waals surface area contributed by atoms with E-state index in [4.69, 9.17) is 0 Å². The Morgan fingerprint density at radius 2 is 2.24 bits per heavy atom. The van der Waals surface area contributed by atoms with Crippen LogP contribution in [0, 0.1) is 0 Å². The third-order valence-corrected chi connectivity index (χ3v) is 3.08. The van der Waals surface area contributed by atoms with Crippen LogP contribution in [0.1, 0.15) is 11.3 Å². The Bertz CT molecular complexity index is 617. The third-order valence-electron chi connectivity index (χ3n) is 2.58. The van der Waals surface area contributed by atoms with E-state index in [0.29, 0.717) is 5.57 Å². The van der Waals surface area contributed by atoms with Gasteiger partial charge in [0.05, 0.1) is 29.5 Å². The van der Waals surface area contributed by atoms with Gasteiger partial charge in [0.1, 0.15) is 0 Å². The Balaban J connectivity index is 2.11. The van der Waals surface area contributed by atoms with Gasteiger partial charge < -0.3 is 10.3 Å². The molecule has 1 aromatic heterocycles. The molecule has 1 aliphatic heterocycles. The Morgan fingerprint density at radius 3 is 3.00 bits per heavy atom. The van der Waals surface area contributed by atoms with Gasteiger partial charge in [-0.15, -0.1) is 0 Å². The summed E-state index contributed by atoms with van der Waals surface area (Å²) in [5.41, 5.74) is 3.20. The Hall–Kier alpha value is -1.88. The number of fused-ring (bicyclic) bond motifs is 1. The fraction of sp³-hybridized carbons (Fsp3) is 0. The van der Waals surface area contributed by atoms with Crippen molar-refractivity contribution in [3.05, 3.63) is 46.5 Å².